The van der Waals surface area contributed by atoms with Crippen LogP contribution in [-0.4, -0.2) is 20.0 Å². The van der Waals surface area contributed by atoms with Crippen molar-refractivity contribution >= 4 is 0 Å². The number of hydrogen-bond acceptors (Lipinski definition) is 4. The third-order valence-corrected chi connectivity index (χ3v) is 3.07. The van der Waals surface area contributed by atoms with Gasteiger partial charge in [0, 0.05) is 18.0 Å². The Morgan fingerprint density at radius 2 is 1.85 bits per heavy atom. The van der Waals surface area contributed by atoms with Gasteiger partial charge in [0.2, 0.25) is 0 Å². The van der Waals surface area contributed by atoms with E-state index in [1.165, 1.54) is 0 Å². The molecule has 5 nitrogen and oxygen atoms in total. The summed E-state index contributed by atoms with van der Waals surface area (Å²) in [6.45, 7) is 2.00. The molecular weight excluding hydrogens is 250 g/mol. The summed E-state index contributed by atoms with van der Waals surface area (Å²) in [5.74, 6) is 0. The Hall–Kier alpha value is -3.00. The van der Waals surface area contributed by atoms with Crippen molar-refractivity contribution in [1.82, 2.24) is 20.0 Å². The number of para-hydroxylation sites is 1. The first-order chi connectivity index (χ1) is 9.81. The molecule has 2 heterocycles. The molecule has 96 valence electrons. The number of rotatable bonds is 2. The van der Waals surface area contributed by atoms with Crippen LogP contribution in [0.3, 0.4) is 0 Å². The zero-order chi connectivity index (χ0) is 13.9. The minimum Gasteiger partial charge on any atom is -0.265 e. The van der Waals surface area contributed by atoms with Crippen LogP contribution in [-0.2, 0) is 0 Å². The van der Waals surface area contributed by atoms with Gasteiger partial charge >= 0.3 is 0 Å². The van der Waals surface area contributed by atoms with Gasteiger partial charge in [-0.1, -0.05) is 23.4 Å². The molecule has 2 aromatic heterocycles. The fraction of sp³-hybridized carbons (Fsp3) is 0.0667. The van der Waals surface area contributed by atoms with Crippen molar-refractivity contribution in [2.24, 2.45) is 0 Å². The summed E-state index contributed by atoms with van der Waals surface area (Å²) in [5.41, 5.74) is 3.83. The van der Waals surface area contributed by atoms with Gasteiger partial charge in [-0.2, -0.15) is 5.26 Å². The molecule has 1 aromatic carbocycles. The molecule has 20 heavy (non-hydrogen) atoms. The van der Waals surface area contributed by atoms with Gasteiger partial charge < -0.3 is 0 Å². The quantitative estimate of drug-likeness (QED) is 0.710. The van der Waals surface area contributed by atoms with E-state index in [1.54, 1.807) is 17.1 Å². The van der Waals surface area contributed by atoms with Crippen LogP contribution in [0.5, 0.6) is 0 Å². The number of hydrogen-bond donors (Lipinski definition) is 0. The molecule has 3 rings (SSSR count). The van der Waals surface area contributed by atoms with Crippen LogP contribution in [0, 0.1) is 18.3 Å². The van der Waals surface area contributed by atoms with Crippen LogP contribution in [0.1, 0.15) is 11.3 Å². The van der Waals surface area contributed by atoms with Crippen LogP contribution in [0.15, 0.2) is 48.8 Å². The number of aryl methyl sites for hydroxylation is 1. The molecule has 0 amide bonds. The number of benzene rings is 1. The molecular formula is C15H11N5. The van der Waals surface area contributed by atoms with Crippen molar-refractivity contribution in [2.75, 3.05) is 0 Å². The Morgan fingerprint density at radius 1 is 1.10 bits per heavy atom. The minimum atomic E-state index is 0.305. The Bertz CT molecular complexity index is 784. The monoisotopic (exact) mass is 261 g/mol. The van der Waals surface area contributed by atoms with E-state index < -0.39 is 0 Å². The first kappa shape index (κ1) is 12.1. The summed E-state index contributed by atoms with van der Waals surface area (Å²) < 4.78 is 1.70. The lowest BCUT2D eigenvalue weighted by Crippen LogP contribution is -2.01. The lowest BCUT2D eigenvalue weighted by molar-refractivity contribution is 0.802. The summed E-state index contributed by atoms with van der Waals surface area (Å²) in [7, 11) is 0. The van der Waals surface area contributed by atoms with Crippen molar-refractivity contribution in [2.45, 2.75) is 6.92 Å². The standard InChI is InChI=1S/C15H11N5/c1-11-4-2-3-5-14(11)20-15(13(10-16)18-19-20)12-6-8-17-9-7-12/h2-9H,1H3. The highest BCUT2D eigenvalue weighted by Gasteiger charge is 2.16. The topological polar surface area (TPSA) is 67.4 Å². The highest BCUT2D eigenvalue weighted by Crippen LogP contribution is 2.25. The van der Waals surface area contributed by atoms with Gasteiger partial charge in [0.1, 0.15) is 11.8 Å². The first-order valence-corrected chi connectivity index (χ1v) is 6.13. The molecule has 5 heteroatoms. The van der Waals surface area contributed by atoms with Crippen LogP contribution in [0.2, 0.25) is 0 Å². The molecule has 0 N–H and O–H groups in total. The zero-order valence-corrected chi connectivity index (χ0v) is 10.9. The van der Waals surface area contributed by atoms with Crippen molar-refractivity contribution in [3.63, 3.8) is 0 Å². The smallest absolute Gasteiger partial charge is 0.191 e. The van der Waals surface area contributed by atoms with E-state index in [9.17, 15) is 5.26 Å². The summed E-state index contributed by atoms with van der Waals surface area (Å²) in [6, 6.07) is 13.6. The second-order valence-electron chi connectivity index (χ2n) is 4.33. The largest absolute Gasteiger partial charge is 0.265 e. The highest BCUT2D eigenvalue weighted by molar-refractivity contribution is 5.66. The van der Waals surface area contributed by atoms with E-state index in [2.05, 4.69) is 21.4 Å². The molecule has 0 aliphatic heterocycles. The lowest BCUT2D eigenvalue weighted by Gasteiger charge is -2.09. The average molecular weight is 261 g/mol. The van der Waals surface area contributed by atoms with Gasteiger partial charge in [-0.15, -0.1) is 5.10 Å². The summed E-state index contributed by atoms with van der Waals surface area (Å²) >= 11 is 0. The van der Waals surface area contributed by atoms with E-state index in [-0.39, 0.29) is 0 Å². The minimum absolute atomic E-state index is 0.305. The number of pyridine rings is 1. The van der Waals surface area contributed by atoms with E-state index >= 15 is 0 Å². The molecule has 0 aliphatic rings. The molecule has 0 spiro atoms. The molecule has 0 saturated heterocycles. The van der Waals surface area contributed by atoms with Crippen LogP contribution in [0.4, 0.5) is 0 Å². The predicted molar refractivity (Wildman–Crippen MR) is 74.0 cm³/mol. The normalized spacial score (nSPS) is 10.2. The summed E-state index contributed by atoms with van der Waals surface area (Å²) in [6.07, 6.45) is 3.37. The van der Waals surface area contributed by atoms with E-state index in [0.717, 1.165) is 16.8 Å². The number of nitrogens with zero attached hydrogens (tertiary/aromatic N) is 5. The number of aromatic nitrogens is 4. The van der Waals surface area contributed by atoms with Gasteiger partial charge in [-0.3, -0.25) is 4.98 Å². The molecule has 0 saturated carbocycles. The van der Waals surface area contributed by atoms with Crippen LogP contribution in [0.25, 0.3) is 16.9 Å². The van der Waals surface area contributed by atoms with Crippen molar-refractivity contribution in [1.29, 1.82) is 5.26 Å². The van der Waals surface area contributed by atoms with Crippen molar-refractivity contribution < 1.29 is 0 Å². The molecule has 0 fully saturated rings. The van der Waals surface area contributed by atoms with Crippen molar-refractivity contribution in [3.8, 4) is 23.0 Å². The Morgan fingerprint density at radius 3 is 2.55 bits per heavy atom. The Labute approximate surface area is 116 Å². The predicted octanol–water partition coefficient (Wildman–Crippen LogP) is 2.51. The maximum absolute atomic E-state index is 9.23. The Balaban J connectivity index is 2.27. The third kappa shape index (κ3) is 1.93. The van der Waals surface area contributed by atoms with Gasteiger partial charge in [0.25, 0.3) is 0 Å². The summed E-state index contributed by atoms with van der Waals surface area (Å²) in [4.78, 5) is 4.00. The van der Waals surface area contributed by atoms with Gasteiger partial charge in [-0.25, -0.2) is 4.68 Å². The Kier molecular flexibility index (Phi) is 2.98. The fourth-order valence-electron chi connectivity index (χ4n) is 2.10. The van der Waals surface area contributed by atoms with E-state index in [4.69, 9.17) is 0 Å². The number of nitriles is 1. The van der Waals surface area contributed by atoms with Gasteiger partial charge in [0.15, 0.2) is 5.69 Å². The zero-order valence-electron chi connectivity index (χ0n) is 10.9. The van der Waals surface area contributed by atoms with E-state index in [1.807, 2.05) is 43.3 Å². The highest BCUT2D eigenvalue weighted by atomic mass is 15.4. The molecule has 3 aromatic rings. The van der Waals surface area contributed by atoms with Crippen molar-refractivity contribution in [3.05, 3.63) is 60.0 Å². The van der Waals surface area contributed by atoms with Gasteiger partial charge in [0.05, 0.1) is 5.69 Å². The fourth-order valence-corrected chi connectivity index (χ4v) is 2.10. The third-order valence-electron chi connectivity index (χ3n) is 3.07. The summed E-state index contributed by atoms with van der Waals surface area (Å²) in [5, 5.41) is 17.3. The molecule has 0 bridgehead atoms. The second kappa shape index (κ2) is 4.94. The van der Waals surface area contributed by atoms with E-state index in [0.29, 0.717) is 11.4 Å². The van der Waals surface area contributed by atoms with Gasteiger partial charge in [-0.05, 0) is 30.7 Å². The molecule has 0 radical (unpaired) electrons. The molecule has 0 aliphatic carbocycles. The van der Waals surface area contributed by atoms with Crippen LogP contribution >= 0.6 is 0 Å². The SMILES string of the molecule is Cc1ccccc1-n1nnc(C#N)c1-c1ccncc1. The maximum Gasteiger partial charge on any atom is 0.191 e. The molecule has 0 unspecified atom stereocenters. The molecule has 0 atom stereocenters. The van der Waals surface area contributed by atoms with Crippen LogP contribution < -0.4 is 0 Å². The second-order valence-corrected chi connectivity index (χ2v) is 4.33. The average Bonchev–Trinajstić information content (AvgIpc) is 2.92. The maximum atomic E-state index is 9.23. The lowest BCUT2D eigenvalue weighted by atomic mass is 10.1. The first-order valence-electron chi connectivity index (χ1n) is 6.13.